The van der Waals surface area contributed by atoms with E-state index in [1.165, 1.54) is 36.4 Å². The Morgan fingerprint density at radius 2 is 1.74 bits per heavy atom. The molecule has 2 N–H and O–H groups in total. The number of halogens is 4. The average molecular weight is 583 g/mol. The molecule has 0 radical (unpaired) electrons. The number of carbonyl (C=O) groups excluding carboxylic acids is 1. The van der Waals surface area contributed by atoms with Crippen LogP contribution in [0.5, 0.6) is 5.75 Å². The van der Waals surface area contributed by atoms with Gasteiger partial charge in [-0.2, -0.15) is 18.3 Å². The minimum atomic E-state index is -5.02. The number of aromatic nitrogens is 3. The molecule has 1 saturated carbocycles. The van der Waals surface area contributed by atoms with Crippen LogP contribution in [-0.4, -0.2) is 38.3 Å². The molecule has 218 valence electrons. The van der Waals surface area contributed by atoms with Gasteiger partial charge in [0.15, 0.2) is 23.1 Å². The van der Waals surface area contributed by atoms with E-state index in [1.807, 2.05) is 24.3 Å². The molecule has 1 fully saturated rings. The number of pyridine rings is 1. The number of nitrogens with one attached hydrogen (secondary N) is 1. The van der Waals surface area contributed by atoms with Crippen LogP contribution in [0.4, 0.5) is 17.6 Å². The van der Waals surface area contributed by atoms with Crippen molar-refractivity contribution in [2.45, 2.75) is 38.5 Å². The summed E-state index contributed by atoms with van der Waals surface area (Å²) in [4.78, 5) is 27.3. The molecule has 12 heteroatoms. The number of ether oxygens (including phenoxy) is 1. The number of hydrogen-bond acceptors (Lipinski definition) is 5. The number of hydrogen-bond donors (Lipinski definition) is 2. The topological polar surface area (TPSA) is 106 Å². The summed E-state index contributed by atoms with van der Waals surface area (Å²) < 4.78 is 62.3. The van der Waals surface area contributed by atoms with Gasteiger partial charge >= 0.3 is 12.1 Å². The maximum Gasteiger partial charge on any atom is 0.434 e. The highest BCUT2D eigenvalue weighted by Crippen LogP contribution is 2.35. The van der Waals surface area contributed by atoms with Gasteiger partial charge in [-0.25, -0.2) is 18.9 Å². The van der Waals surface area contributed by atoms with Crippen LogP contribution in [-0.2, 0) is 24.0 Å². The van der Waals surface area contributed by atoms with Crippen LogP contribution in [0, 0.1) is 11.7 Å². The van der Waals surface area contributed by atoms with Crippen molar-refractivity contribution in [1.29, 1.82) is 0 Å². The van der Waals surface area contributed by atoms with Crippen molar-refractivity contribution in [1.82, 2.24) is 20.1 Å². The predicted octanol–water partition coefficient (Wildman–Crippen LogP) is 5.83. The predicted molar refractivity (Wildman–Crippen MR) is 144 cm³/mol. The van der Waals surface area contributed by atoms with Crippen molar-refractivity contribution in [3.8, 4) is 22.8 Å². The lowest BCUT2D eigenvalue weighted by Crippen LogP contribution is -2.26. The Morgan fingerprint density at radius 1 is 1.02 bits per heavy atom. The molecule has 0 bridgehead atoms. The molecule has 2 heterocycles. The molecule has 5 rings (SSSR count). The lowest BCUT2D eigenvalue weighted by molar-refractivity contribution is -0.143. The van der Waals surface area contributed by atoms with Crippen molar-refractivity contribution in [3.05, 3.63) is 95.1 Å². The van der Waals surface area contributed by atoms with Gasteiger partial charge in [0.05, 0.1) is 11.9 Å². The zero-order chi connectivity index (χ0) is 29.9. The standard InChI is InChI=1S/C30H26F4N4O4/c31-23-6-1-5-21(24-7-2-8-25(37-24)38-27(30(32,33)34)22(16-36-38)29(40)41)26(23)42-17-19-11-9-18(10-12-19)4-3-15-35-28(39)20-13-14-20/h1-2,5-12,16,20H,3-4,13-15,17H2,(H,35,39)(H,40,41). The second-order valence-corrected chi connectivity index (χ2v) is 9.89. The lowest BCUT2D eigenvalue weighted by atomic mass is 10.1. The molecular weight excluding hydrogens is 556 g/mol. The molecule has 2 aromatic carbocycles. The van der Waals surface area contributed by atoms with Gasteiger partial charge < -0.3 is 15.2 Å². The molecule has 4 aromatic rings. The van der Waals surface area contributed by atoms with Gasteiger partial charge in [0.1, 0.15) is 12.2 Å². The van der Waals surface area contributed by atoms with Crippen molar-refractivity contribution < 1.29 is 37.0 Å². The number of nitrogens with zero attached hydrogens (tertiary/aromatic N) is 3. The Kier molecular flexibility index (Phi) is 8.23. The number of aromatic carboxylic acids is 1. The van der Waals surface area contributed by atoms with Crippen molar-refractivity contribution in [3.63, 3.8) is 0 Å². The lowest BCUT2D eigenvalue weighted by Gasteiger charge is -2.14. The normalized spacial score (nSPS) is 13.1. The van der Waals surface area contributed by atoms with Gasteiger partial charge in [0, 0.05) is 18.0 Å². The van der Waals surface area contributed by atoms with Crippen molar-refractivity contribution in [2.24, 2.45) is 5.92 Å². The van der Waals surface area contributed by atoms with E-state index in [9.17, 15) is 32.3 Å². The van der Waals surface area contributed by atoms with Crippen LogP contribution >= 0.6 is 0 Å². The number of aryl methyl sites for hydroxylation is 1. The van der Waals surface area contributed by atoms with Crippen LogP contribution in [0.2, 0.25) is 0 Å². The SMILES string of the molecule is O=C(O)c1cnn(-c2cccc(-c3cccc(F)c3OCc3ccc(CCCNC(=O)C4CC4)cc3)n2)c1C(F)(F)F. The fourth-order valence-corrected chi connectivity index (χ4v) is 4.45. The number of carbonyl (C=O) groups is 2. The van der Waals surface area contributed by atoms with E-state index in [2.05, 4.69) is 15.4 Å². The van der Waals surface area contributed by atoms with Gasteiger partial charge in [-0.15, -0.1) is 0 Å². The van der Waals surface area contributed by atoms with E-state index < -0.39 is 29.2 Å². The number of carboxylic acid groups (broad SMARTS) is 1. The number of para-hydroxylation sites is 1. The molecule has 1 amide bonds. The monoisotopic (exact) mass is 582 g/mol. The minimum absolute atomic E-state index is 0.0186. The van der Waals surface area contributed by atoms with Crippen LogP contribution in [0.3, 0.4) is 0 Å². The molecule has 0 aliphatic heterocycles. The van der Waals surface area contributed by atoms with Gasteiger partial charge in [0.2, 0.25) is 5.91 Å². The van der Waals surface area contributed by atoms with Crippen molar-refractivity contribution >= 4 is 11.9 Å². The first kappa shape index (κ1) is 28.8. The molecule has 0 unspecified atom stereocenters. The van der Waals surface area contributed by atoms with Crippen LogP contribution in [0.25, 0.3) is 17.1 Å². The summed E-state index contributed by atoms with van der Waals surface area (Å²) in [6, 6.07) is 15.8. The summed E-state index contributed by atoms with van der Waals surface area (Å²) in [6.07, 6.45) is -0.886. The molecule has 2 aromatic heterocycles. The fourth-order valence-electron chi connectivity index (χ4n) is 4.45. The molecule has 0 spiro atoms. The maximum atomic E-state index is 14.9. The van der Waals surface area contributed by atoms with E-state index >= 15 is 0 Å². The summed E-state index contributed by atoms with van der Waals surface area (Å²) in [5.74, 6) is -2.60. The summed E-state index contributed by atoms with van der Waals surface area (Å²) >= 11 is 0. The molecule has 8 nitrogen and oxygen atoms in total. The van der Waals surface area contributed by atoms with E-state index in [-0.39, 0.29) is 41.3 Å². The molecule has 1 aliphatic carbocycles. The van der Waals surface area contributed by atoms with Gasteiger partial charge in [0.25, 0.3) is 0 Å². The van der Waals surface area contributed by atoms with Crippen LogP contribution in [0.15, 0.2) is 66.9 Å². The van der Waals surface area contributed by atoms with E-state index in [1.54, 1.807) is 0 Å². The summed E-state index contributed by atoms with van der Waals surface area (Å²) in [5, 5.41) is 15.7. The van der Waals surface area contributed by atoms with Gasteiger partial charge in [-0.1, -0.05) is 36.4 Å². The van der Waals surface area contributed by atoms with E-state index in [4.69, 9.17) is 4.74 Å². The van der Waals surface area contributed by atoms with Crippen LogP contribution < -0.4 is 10.1 Å². The van der Waals surface area contributed by atoms with Crippen LogP contribution in [0.1, 0.15) is 46.4 Å². The van der Waals surface area contributed by atoms with E-state index in [0.717, 1.165) is 36.8 Å². The fraction of sp³-hybridized carbons (Fsp3) is 0.267. The molecular formula is C30H26F4N4O4. The first-order valence-electron chi connectivity index (χ1n) is 13.2. The molecule has 0 atom stereocenters. The summed E-state index contributed by atoms with van der Waals surface area (Å²) in [5.41, 5.74) is -0.357. The minimum Gasteiger partial charge on any atom is -0.485 e. The Hall–Kier alpha value is -4.74. The molecule has 0 saturated heterocycles. The number of amides is 1. The summed E-state index contributed by atoms with van der Waals surface area (Å²) in [7, 11) is 0. The number of carboxylic acids is 1. The average Bonchev–Trinajstić information content (AvgIpc) is 3.71. The van der Waals surface area contributed by atoms with Crippen molar-refractivity contribution in [2.75, 3.05) is 6.54 Å². The van der Waals surface area contributed by atoms with Gasteiger partial charge in [-0.05, 0) is 61.1 Å². The Morgan fingerprint density at radius 3 is 2.43 bits per heavy atom. The Balaban J connectivity index is 1.30. The largest absolute Gasteiger partial charge is 0.485 e. The number of alkyl halides is 3. The highest BCUT2D eigenvalue weighted by atomic mass is 19.4. The highest BCUT2D eigenvalue weighted by Gasteiger charge is 2.41. The third kappa shape index (κ3) is 6.59. The number of benzene rings is 2. The summed E-state index contributed by atoms with van der Waals surface area (Å²) in [6.45, 7) is 0.634. The first-order valence-corrected chi connectivity index (χ1v) is 13.2. The zero-order valence-corrected chi connectivity index (χ0v) is 22.2. The Labute approximate surface area is 238 Å². The maximum absolute atomic E-state index is 14.9. The second kappa shape index (κ2) is 12.0. The zero-order valence-electron chi connectivity index (χ0n) is 22.2. The number of rotatable bonds is 11. The third-order valence-corrected chi connectivity index (χ3v) is 6.76. The smallest absolute Gasteiger partial charge is 0.434 e. The highest BCUT2D eigenvalue weighted by molar-refractivity contribution is 5.89. The second-order valence-electron chi connectivity index (χ2n) is 9.89. The first-order chi connectivity index (χ1) is 20.1. The molecule has 42 heavy (non-hydrogen) atoms. The van der Waals surface area contributed by atoms with E-state index in [0.29, 0.717) is 17.4 Å². The third-order valence-electron chi connectivity index (χ3n) is 6.76. The molecule has 1 aliphatic rings. The quantitative estimate of drug-likeness (QED) is 0.170. The van der Waals surface area contributed by atoms with Gasteiger partial charge in [-0.3, -0.25) is 4.79 Å². The Bertz CT molecular complexity index is 1600.